The van der Waals surface area contributed by atoms with Crippen molar-refractivity contribution >= 4 is 11.5 Å². The van der Waals surface area contributed by atoms with E-state index in [0.717, 1.165) is 0 Å². The summed E-state index contributed by atoms with van der Waals surface area (Å²) < 4.78 is 24.6. The van der Waals surface area contributed by atoms with Crippen molar-refractivity contribution in [3.8, 4) is 5.88 Å². The van der Waals surface area contributed by atoms with Gasteiger partial charge in [0.2, 0.25) is 5.88 Å². The number of aliphatic hydroxyl groups is 1. The first kappa shape index (κ1) is 12.4. The van der Waals surface area contributed by atoms with Gasteiger partial charge in [0, 0.05) is 6.42 Å². The summed E-state index contributed by atoms with van der Waals surface area (Å²) in [4.78, 5) is 9.81. The van der Waals surface area contributed by atoms with Crippen LogP contribution in [-0.2, 0) is 4.74 Å². The molecule has 0 bridgehead atoms. The molecule has 3 atom stereocenters. The van der Waals surface area contributed by atoms with E-state index in [-0.39, 0.29) is 13.0 Å². The van der Waals surface area contributed by atoms with Crippen LogP contribution in [0.1, 0.15) is 6.42 Å². The third-order valence-corrected chi connectivity index (χ3v) is 3.32. The molecule has 0 radical (unpaired) electrons. The second-order valence-corrected chi connectivity index (χ2v) is 4.47. The van der Waals surface area contributed by atoms with Gasteiger partial charge in [0.1, 0.15) is 18.2 Å². The van der Waals surface area contributed by atoms with E-state index in [2.05, 4.69) is 15.3 Å². The molecule has 1 saturated heterocycles. The van der Waals surface area contributed by atoms with Gasteiger partial charge in [-0.3, -0.25) is 0 Å². The lowest BCUT2D eigenvalue weighted by atomic mass is 10.2. The molecule has 3 rings (SSSR count). The number of ether oxygens (including phenoxy) is 2. The first-order valence-corrected chi connectivity index (χ1v) is 6.04. The Balaban J connectivity index is 1.87. The predicted molar refractivity (Wildman–Crippen MR) is 64.8 cm³/mol. The third-order valence-electron chi connectivity index (χ3n) is 3.32. The highest BCUT2D eigenvalue weighted by molar-refractivity contribution is 5.75. The second kappa shape index (κ2) is 4.78. The summed E-state index contributed by atoms with van der Waals surface area (Å²) in [7, 11) is 1.51. The molecule has 7 nitrogen and oxygen atoms in total. The Bertz CT molecular complexity index is 475. The third kappa shape index (κ3) is 1.96. The number of hydrogen-bond donors (Lipinski definition) is 2. The fourth-order valence-electron chi connectivity index (χ4n) is 2.43. The fraction of sp³-hybridized carbons (Fsp3) is 0.636. The monoisotopic (exact) mass is 270 g/mol. The van der Waals surface area contributed by atoms with Crippen molar-refractivity contribution in [1.82, 2.24) is 9.97 Å². The number of halogens is 1. The largest absolute Gasteiger partial charge is 0.479 e. The average Bonchev–Trinajstić information content (AvgIpc) is 3.01. The molecule has 3 heterocycles. The van der Waals surface area contributed by atoms with E-state index < -0.39 is 18.5 Å². The minimum absolute atomic E-state index is 0.182. The molecule has 2 aliphatic heterocycles. The van der Waals surface area contributed by atoms with Crippen molar-refractivity contribution < 1.29 is 19.0 Å². The Kier molecular flexibility index (Phi) is 3.11. The normalized spacial score (nSPS) is 29.2. The van der Waals surface area contributed by atoms with Crippen LogP contribution < -0.4 is 15.0 Å². The molecule has 1 aromatic heterocycles. The van der Waals surface area contributed by atoms with E-state index in [1.165, 1.54) is 13.4 Å². The van der Waals surface area contributed by atoms with Crippen LogP contribution in [0.5, 0.6) is 5.88 Å². The molecule has 2 N–H and O–H groups in total. The summed E-state index contributed by atoms with van der Waals surface area (Å²) in [6.45, 7) is 0.186. The topological polar surface area (TPSA) is 79.7 Å². The van der Waals surface area contributed by atoms with Crippen molar-refractivity contribution in [2.24, 2.45) is 0 Å². The molecule has 0 amide bonds. The van der Waals surface area contributed by atoms with E-state index in [4.69, 9.17) is 14.6 Å². The fourth-order valence-corrected chi connectivity index (χ4v) is 2.43. The summed E-state index contributed by atoms with van der Waals surface area (Å²) in [5.74, 6) is 0.970. The maximum absolute atomic E-state index is 14.0. The van der Waals surface area contributed by atoms with Gasteiger partial charge < -0.3 is 24.8 Å². The summed E-state index contributed by atoms with van der Waals surface area (Å²) in [5.41, 5.74) is 0.633. The van der Waals surface area contributed by atoms with Gasteiger partial charge >= 0.3 is 0 Å². The van der Waals surface area contributed by atoms with Crippen LogP contribution in [0.15, 0.2) is 6.33 Å². The molecule has 1 aromatic rings. The zero-order valence-corrected chi connectivity index (χ0v) is 10.4. The molecule has 0 spiro atoms. The predicted octanol–water partition coefficient (Wildman–Crippen LogP) is 0.120. The lowest BCUT2D eigenvalue weighted by Gasteiger charge is -2.25. The summed E-state index contributed by atoms with van der Waals surface area (Å²) in [6.07, 6.45) is -0.817. The van der Waals surface area contributed by atoms with Crippen LogP contribution in [0.2, 0.25) is 0 Å². The zero-order valence-electron chi connectivity index (χ0n) is 10.4. The highest BCUT2D eigenvalue weighted by Crippen LogP contribution is 2.39. The molecule has 104 valence electrons. The lowest BCUT2D eigenvalue weighted by Crippen LogP contribution is -2.40. The van der Waals surface area contributed by atoms with Crippen molar-refractivity contribution in [3.05, 3.63) is 6.33 Å². The van der Waals surface area contributed by atoms with E-state index in [0.29, 0.717) is 24.1 Å². The van der Waals surface area contributed by atoms with Crippen LogP contribution in [0.25, 0.3) is 0 Å². The molecule has 1 fully saturated rings. The number of fused-ring (bicyclic) bond motifs is 1. The zero-order chi connectivity index (χ0) is 13.4. The van der Waals surface area contributed by atoms with Gasteiger partial charge in [-0.05, 0) is 0 Å². The maximum atomic E-state index is 14.0. The average molecular weight is 270 g/mol. The molecule has 19 heavy (non-hydrogen) atoms. The number of aromatic nitrogens is 2. The van der Waals surface area contributed by atoms with E-state index in [1.807, 2.05) is 0 Å². The van der Waals surface area contributed by atoms with Crippen molar-refractivity contribution in [3.63, 3.8) is 0 Å². The van der Waals surface area contributed by atoms with Crippen LogP contribution >= 0.6 is 0 Å². The maximum Gasteiger partial charge on any atom is 0.242 e. The van der Waals surface area contributed by atoms with Gasteiger partial charge in [0.05, 0.1) is 26.5 Å². The van der Waals surface area contributed by atoms with Gasteiger partial charge in [-0.1, -0.05) is 0 Å². The van der Waals surface area contributed by atoms with Crippen LogP contribution in [0, 0.1) is 0 Å². The molecule has 8 heteroatoms. The van der Waals surface area contributed by atoms with E-state index >= 15 is 0 Å². The Hall–Kier alpha value is -1.67. The number of anilines is 2. The molecule has 2 aliphatic rings. The van der Waals surface area contributed by atoms with Gasteiger partial charge in [-0.2, -0.15) is 4.98 Å². The number of hydrogen-bond acceptors (Lipinski definition) is 7. The Morgan fingerprint density at radius 2 is 2.47 bits per heavy atom. The van der Waals surface area contributed by atoms with E-state index in [1.54, 1.807) is 4.90 Å². The smallest absolute Gasteiger partial charge is 0.242 e. The number of nitrogens with one attached hydrogen (secondary N) is 1. The van der Waals surface area contributed by atoms with Crippen molar-refractivity contribution in [1.29, 1.82) is 0 Å². The molecular formula is C11H15FN4O3. The first-order chi connectivity index (χ1) is 9.24. The number of methoxy groups -OCH3 is 1. The number of nitrogens with zero attached hydrogens (tertiary/aromatic N) is 3. The van der Waals surface area contributed by atoms with E-state index in [9.17, 15) is 4.39 Å². The quantitative estimate of drug-likeness (QED) is 0.807. The van der Waals surface area contributed by atoms with Gasteiger partial charge in [0.25, 0.3) is 0 Å². The Morgan fingerprint density at radius 1 is 1.63 bits per heavy atom. The highest BCUT2D eigenvalue weighted by Gasteiger charge is 2.42. The lowest BCUT2D eigenvalue weighted by molar-refractivity contribution is 0.00153. The molecule has 3 unspecified atom stereocenters. The molecule has 0 aliphatic carbocycles. The van der Waals surface area contributed by atoms with Crippen LogP contribution in [0.4, 0.5) is 15.9 Å². The molecular weight excluding hydrogens is 255 g/mol. The van der Waals surface area contributed by atoms with Gasteiger partial charge in [-0.25, -0.2) is 9.37 Å². The Morgan fingerprint density at radius 3 is 3.16 bits per heavy atom. The minimum atomic E-state index is -1.16. The second-order valence-electron chi connectivity index (χ2n) is 4.47. The number of alkyl halides is 1. The summed E-state index contributed by atoms with van der Waals surface area (Å²) >= 11 is 0. The van der Waals surface area contributed by atoms with Crippen LogP contribution in [0.3, 0.4) is 0 Å². The van der Waals surface area contributed by atoms with Crippen molar-refractivity contribution in [2.45, 2.75) is 24.9 Å². The Labute approximate surface area is 109 Å². The summed E-state index contributed by atoms with van der Waals surface area (Å²) in [5, 5.41) is 12.1. The highest BCUT2D eigenvalue weighted by atomic mass is 19.1. The van der Waals surface area contributed by atoms with Gasteiger partial charge in [0.15, 0.2) is 12.0 Å². The van der Waals surface area contributed by atoms with Crippen molar-refractivity contribution in [2.75, 3.05) is 30.6 Å². The SMILES string of the molecule is COc1ncnc2c1NCN2C1OC(CO)CC1F. The minimum Gasteiger partial charge on any atom is -0.479 e. The first-order valence-electron chi connectivity index (χ1n) is 6.04. The standard InChI is InChI=1S/C11H15FN4O3/c1-18-10-8-9(13-4-14-10)16(5-15-8)11-7(12)2-6(3-17)19-11/h4,6-7,11,15,17H,2-3,5H2,1H3. The number of rotatable bonds is 3. The summed E-state index contributed by atoms with van der Waals surface area (Å²) in [6, 6.07) is 0. The van der Waals surface area contributed by atoms with Crippen LogP contribution in [-0.4, -0.2) is 54.0 Å². The molecule has 0 saturated carbocycles. The van der Waals surface area contributed by atoms with Gasteiger partial charge in [-0.15, -0.1) is 0 Å². The number of aliphatic hydroxyl groups excluding tert-OH is 1. The molecule has 0 aromatic carbocycles.